The molecule has 4 heterocycles. The molecule has 0 unspecified atom stereocenters. The molecule has 0 spiro atoms. The highest BCUT2D eigenvalue weighted by atomic mass is 19.1. The Bertz CT molecular complexity index is 1660. The van der Waals surface area contributed by atoms with Crippen LogP contribution < -0.4 is 10.1 Å². The molecule has 43 heavy (non-hydrogen) atoms. The number of anilines is 1. The summed E-state index contributed by atoms with van der Waals surface area (Å²) in [6, 6.07) is 17.5. The monoisotopic (exact) mass is 584 g/mol. The van der Waals surface area contributed by atoms with Crippen molar-refractivity contribution in [3.63, 3.8) is 0 Å². The first kappa shape index (κ1) is 28.6. The Morgan fingerprint density at radius 2 is 1.98 bits per heavy atom. The predicted molar refractivity (Wildman–Crippen MR) is 157 cm³/mol. The molecule has 1 N–H and O–H groups in total. The molecular weight excluding hydrogens is 551 g/mol. The van der Waals surface area contributed by atoms with Gasteiger partial charge in [0, 0.05) is 25.7 Å². The van der Waals surface area contributed by atoms with Gasteiger partial charge in [0.1, 0.15) is 18.2 Å². The van der Waals surface area contributed by atoms with Crippen LogP contribution in [0.4, 0.5) is 10.2 Å². The molecule has 2 aromatic heterocycles. The van der Waals surface area contributed by atoms with E-state index in [1.165, 1.54) is 19.2 Å². The molecule has 0 radical (unpaired) electrons. The van der Waals surface area contributed by atoms with Crippen LogP contribution in [0.1, 0.15) is 46.7 Å². The van der Waals surface area contributed by atoms with E-state index >= 15 is 0 Å². The molecule has 1 atom stereocenters. The highest BCUT2D eigenvalue weighted by molar-refractivity contribution is 5.93. The summed E-state index contributed by atoms with van der Waals surface area (Å²) in [7, 11) is 1.39. The number of pyridine rings is 1. The van der Waals surface area contributed by atoms with E-state index in [1.54, 1.807) is 6.07 Å². The van der Waals surface area contributed by atoms with Crippen LogP contribution in [-0.4, -0.2) is 64.4 Å². The maximum absolute atomic E-state index is 14.2. The van der Waals surface area contributed by atoms with Gasteiger partial charge in [-0.15, -0.1) is 0 Å². The third-order valence-corrected chi connectivity index (χ3v) is 7.98. The zero-order chi connectivity index (χ0) is 29.8. The van der Waals surface area contributed by atoms with Crippen LogP contribution >= 0.6 is 0 Å². The van der Waals surface area contributed by atoms with Crippen LogP contribution in [0.2, 0.25) is 0 Å². The van der Waals surface area contributed by atoms with E-state index in [-0.39, 0.29) is 36.0 Å². The SMILES string of the molecule is COC(=O)c1ccc2nc(CN3CCC(Nc4cccc(COc5ccc(C#N)cc5F)n4)CC3)n(C[C@@H]3CCO3)c2c1. The van der Waals surface area contributed by atoms with Crippen molar-refractivity contribution in [3.05, 3.63) is 83.1 Å². The molecular formula is C32H33FN6O4. The minimum Gasteiger partial charge on any atom is -0.484 e. The molecule has 2 aromatic carbocycles. The van der Waals surface area contributed by atoms with Crippen molar-refractivity contribution >= 4 is 22.8 Å². The fourth-order valence-corrected chi connectivity index (χ4v) is 5.50. The number of likely N-dealkylation sites (tertiary alicyclic amines) is 1. The van der Waals surface area contributed by atoms with Gasteiger partial charge < -0.3 is 24.1 Å². The lowest BCUT2D eigenvalue weighted by molar-refractivity contribution is -0.0592. The normalized spacial score (nSPS) is 17.3. The van der Waals surface area contributed by atoms with Gasteiger partial charge >= 0.3 is 5.97 Å². The lowest BCUT2D eigenvalue weighted by atomic mass is 10.0. The van der Waals surface area contributed by atoms with Crippen LogP contribution in [-0.2, 0) is 29.2 Å². The van der Waals surface area contributed by atoms with Crippen molar-refractivity contribution in [2.24, 2.45) is 0 Å². The zero-order valence-corrected chi connectivity index (χ0v) is 24.0. The Hall–Kier alpha value is -4.53. The molecule has 2 saturated heterocycles. The van der Waals surface area contributed by atoms with Crippen molar-refractivity contribution < 1.29 is 23.4 Å². The summed E-state index contributed by atoms with van der Waals surface area (Å²) in [5.74, 6) is 0.871. The second-order valence-electron chi connectivity index (χ2n) is 10.9. The Labute approximate surface area is 249 Å². The highest BCUT2D eigenvalue weighted by Crippen LogP contribution is 2.25. The number of rotatable bonds is 10. The first-order chi connectivity index (χ1) is 21.0. The van der Waals surface area contributed by atoms with E-state index in [2.05, 4.69) is 19.8 Å². The molecule has 10 nitrogen and oxygen atoms in total. The third kappa shape index (κ3) is 6.61. The van der Waals surface area contributed by atoms with Crippen molar-refractivity contribution in [2.75, 3.05) is 32.1 Å². The zero-order valence-electron chi connectivity index (χ0n) is 24.0. The number of piperidine rings is 1. The fraction of sp³-hybridized carbons (Fsp3) is 0.375. The summed E-state index contributed by atoms with van der Waals surface area (Å²) in [5, 5.41) is 12.5. The van der Waals surface area contributed by atoms with Gasteiger partial charge in [-0.3, -0.25) is 4.90 Å². The molecule has 2 fully saturated rings. The van der Waals surface area contributed by atoms with Gasteiger partial charge in [0.2, 0.25) is 0 Å². The van der Waals surface area contributed by atoms with Crippen molar-refractivity contribution in [1.29, 1.82) is 5.26 Å². The number of nitriles is 1. The number of benzene rings is 2. The molecule has 4 aromatic rings. The number of carbonyl (C=O) groups is 1. The second kappa shape index (κ2) is 12.8. The third-order valence-electron chi connectivity index (χ3n) is 7.98. The van der Waals surface area contributed by atoms with Crippen molar-refractivity contribution in [2.45, 2.75) is 51.1 Å². The number of esters is 1. The standard InChI is InChI=1S/C32H33FN6O4/c1-41-32(40)22-6-7-27-28(16-22)39(18-25-11-14-42-25)31(37-27)19-38-12-9-23(10-13-38)35-30-4-2-3-24(36-30)20-43-29-8-5-21(17-34)15-26(29)33/h2-8,15-16,23,25H,9-14,18-20H2,1H3,(H,35,36)/t25-/m0/s1. The Balaban J connectivity index is 1.06. The Kier molecular flexibility index (Phi) is 8.49. The van der Waals surface area contributed by atoms with E-state index in [1.807, 2.05) is 36.4 Å². The number of methoxy groups -OCH3 is 1. The summed E-state index contributed by atoms with van der Waals surface area (Å²) in [5.41, 5.74) is 3.21. The van der Waals surface area contributed by atoms with Gasteiger partial charge in [0.05, 0.1) is 60.2 Å². The smallest absolute Gasteiger partial charge is 0.337 e. The molecule has 0 bridgehead atoms. The molecule has 11 heteroatoms. The summed E-state index contributed by atoms with van der Waals surface area (Å²) in [6.07, 6.45) is 3.06. The lowest BCUT2D eigenvalue weighted by Gasteiger charge is -2.33. The van der Waals surface area contributed by atoms with Gasteiger partial charge in [-0.1, -0.05) is 6.07 Å². The fourth-order valence-electron chi connectivity index (χ4n) is 5.50. The van der Waals surface area contributed by atoms with E-state index in [0.717, 1.165) is 67.7 Å². The molecule has 222 valence electrons. The summed E-state index contributed by atoms with van der Waals surface area (Å²) in [6.45, 7) is 4.10. The maximum Gasteiger partial charge on any atom is 0.337 e. The van der Waals surface area contributed by atoms with Crippen LogP contribution in [0, 0.1) is 17.1 Å². The first-order valence-electron chi connectivity index (χ1n) is 14.5. The van der Waals surface area contributed by atoms with Gasteiger partial charge in [-0.2, -0.15) is 5.26 Å². The Morgan fingerprint density at radius 1 is 1.14 bits per heavy atom. The number of nitrogens with one attached hydrogen (secondary N) is 1. The minimum absolute atomic E-state index is 0.0872. The number of hydrogen-bond donors (Lipinski definition) is 1. The number of fused-ring (bicyclic) bond motifs is 1. The van der Waals surface area contributed by atoms with Gasteiger partial charge in [0.25, 0.3) is 0 Å². The maximum atomic E-state index is 14.2. The minimum atomic E-state index is -0.571. The average Bonchev–Trinajstić information content (AvgIpc) is 3.34. The quantitative estimate of drug-likeness (QED) is 0.266. The van der Waals surface area contributed by atoms with Crippen LogP contribution in [0.15, 0.2) is 54.6 Å². The van der Waals surface area contributed by atoms with Crippen molar-refractivity contribution in [3.8, 4) is 11.8 Å². The number of hydrogen-bond acceptors (Lipinski definition) is 9. The van der Waals surface area contributed by atoms with E-state index in [0.29, 0.717) is 24.3 Å². The number of imidazole rings is 1. The van der Waals surface area contributed by atoms with Gasteiger partial charge in [0.15, 0.2) is 11.6 Å². The topological polar surface area (TPSA) is 115 Å². The molecule has 2 aliphatic rings. The average molecular weight is 585 g/mol. The van der Waals surface area contributed by atoms with Crippen LogP contribution in [0.25, 0.3) is 11.0 Å². The molecule has 0 aliphatic carbocycles. The summed E-state index contributed by atoms with van der Waals surface area (Å²) >= 11 is 0. The van der Waals surface area contributed by atoms with Gasteiger partial charge in [-0.05, 0) is 67.8 Å². The predicted octanol–water partition coefficient (Wildman–Crippen LogP) is 4.67. The van der Waals surface area contributed by atoms with E-state index < -0.39 is 5.82 Å². The van der Waals surface area contributed by atoms with Crippen molar-refractivity contribution in [1.82, 2.24) is 19.4 Å². The van der Waals surface area contributed by atoms with E-state index in [4.69, 9.17) is 24.5 Å². The number of aromatic nitrogens is 3. The largest absolute Gasteiger partial charge is 0.484 e. The number of carbonyl (C=O) groups excluding carboxylic acids is 1. The summed E-state index contributed by atoms with van der Waals surface area (Å²) < 4.78 is 32.6. The molecule has 0 amide bonds. The number of halogens is 1. The lowest BCUT2D eigenvalue weighted by Crippen LogP contribution is -2.39. The van der Waals surface area contributed by atoms with Gasteiger partial charge in [-0.25, -0.2) is 19.2 Å². The van der Waals surface area contributed by atoms with Crippen LogP contribution in [0.3, 0.4) is 0 Å². The molecule has 6 rings (SSSR count). The number of nitrogens with zero attached hydrogens (tertiary/aromatic N) is 5. The summed E-state index contributed by atoms with van der Waals surface area (Å²) in [4.78, 5) is 24.2. The molecule has 0 saturated carbocycles. The highest BCUT2D eigenvalue weighted by Gasteiger charge is 2.25. The Morgan fingerprint density at radius 3 is 2.70 bits per heavy atom. The number of ether oxygens (including phenoxy) is 3. The van der Waals surface area contributed by atoms with E-state index in [9.17, 15) is 9.18 Å². The first-order valence-corrected chi connectivity index (χ1v) is 14.5. The molecule has 2 aliphatic heterocycles. The second-order valence-corrected chi connectivity index (χ2v) is 10.9. The van der Waals surface area contributed by atoms with Crippen LogP contribution in [0.5, 0.6) is 5.75 Å².